The van der Waals surface area contributed by atoms with Crippen LogP contribution in [0.4, 0.5) is 0 Å². The van der Waals surface area contributed by atoms with Crippen LogP contribution >= 0.6 is 0 Å². The van der Waals surface area contributed by atoms with Crippen molar-refractivity contribution < 1.29 is 27.4 Å². The number of hydrogen-bond acceptors (Lipinski definition) is 6. The molecule has 0 aliphatic carbocycles. The molecule has 1 aromatic carbocycles. The largest absolute Gasteiger partial charge is 0.465 e. The summed E-state index contributed by atoms with van der Waals surface area (Å²) >= 11 is 0. The van der Waals surface area contributed by atoms with Gasteiger partial charge in [0.05, 0.1) is 19.8 Å². The highest BCUT2D eigenvalue weighted by atomic mass is 32.2. The highest BCUT2D eigenvalue weighted by molar-refractivity contribution is 7.90. The number of sulfonamides is 1. The smallest absolute Gasteiger partial charge is 0.399 e. The predicted octanol–water partition coefficient (Wildman–Crippen LogP) is 1.66. The molecule has 0 bridgehead atoms. The Kier molecular flexibility index (Phi) is 4.15. The van der Waals surface area contributed by atoms with Gasteiger partial charge in [0, 0.05) is 0 Å². The summed E-state index contributed by atoms with van der Waals surface area (Å²) < 4.78 is 43.4. The van der Waals surface area contributed by atoms with Gasteiger partial charge in [-0.1, -0.05) is 16.5 Å². The third-order valence-electron chi connectivity index (χ3n) is 3.27. The van der Waals surface area contributed by atoms with Crippen molar-refractivity contribution >= 4 is 22.1 Å². The van der Waals surface area contributed by atoms with Crippen molar-refractivity contribution in [2.24, 2.45) is 4.40 Å². The van der Waals surface area contributed by atoms with Crippen molar-refractivity contribution in [3.05, 3.63) is 35.4 Å². The van der Waals surface area contributed by atoms with E-state index in [1.807, 2.05) is 0 Å². The van der Waals surface area contributed by atoms with E-state index in [2.05, 4.69) is 9.13 Å². The Bertz CT molecular complexity index is 723. The third-order valence-corrected chi connectivity index (χ3v) is 5.11. The first-order valence-electron chi connectivity index (χ1n) is 6.46. The summed E-state index contributed by atoms with van der Waals surface area (Å²) in [4.78, 5) is 11.6. The van der Waals surface area contributed by atoms with Crippen molar-refractivity contribution in [1.82, 2.24) is 0 Å². The zero-order chi connectivity index (χ0) is 16.5. The molecule has 0 fully saturated rings. The van der Waals surface area contributed by atoms with Gasteiger partial charge in [0.1, 0.15) is 10.9 Å². The Morgan fingerprint density at radius 2 is 2.00 bits per heavy atom. The lowest BCUT2D eigenvalue weighted by Gasteiger charge is -2.36. The minimum Gasteiger partial charge on any atom is -0.465 e. The first-order chi connectivity index (χ1) is 10.2. The van der Waals surface area contributed by atoms with Crippen molar-refractivity contribution in [1.29, 1.82) is 0 Å². The van der Waals surface area contributed by atoms with E-state index in [-0.39, 0.29) is 11.6 Å². The molecule has 1 aliphatic heterocycles. The van der Waals surface area contributed by atoms with Crippen LogP contribution in [0.15, 0.2) is 28.7 Å². The molecule has 1 heterocycles. The number of esters is 1. The number of nitrogens with zero attached hydrogens (tertiary/aromatic N) is 1. The fourth-order valence-electron chi connectivity index (χ4n) is 2.41. The molecular weight excluding hydrogens is 310 g/mol. The fraction of sp³-hybridized carbons (Fsp3) is 0.429. The molecule has 22 heavy (non-hydrogen) atoms. The lowest BCUT2D eigenvalue weighted by Crippen LogP contribution is -2.43. The van der Waals surface area contributed by atoms with Gasteiger partial charge in [-0.2, -0.15) is 0 Å². The van der Waals surface area contributed by atoms with E-state index < -0.39 is 26.8 Å². The summed E-state index contributed by atoms with van der Waals surface area (Å²) in [5, 5.41) is -1.07. The maximum Gasteiger partial charge on any atom is 0.399 e. The average Bonchev–Trinajstić information content (AvgIpc) is 2.44. The number of carbonyl (C=O) groups is 1. The topological polar surface area (TPSA) is 91.3 Å². The lowest BCUT2D eigenvalue weighted by molar-refractivity contribution is 0.0440. The second-order valence-electron chi connectivity index (χ2n) is 5.28. The van der Waals surface area contributed by atoms with Crippen molar-refractivity contribution in [2.75, 3.05) is 14.2 Å². The van der Waals surface area contributed by atoms with Gasteiger partial charge in [-0.25, -0.2) is 13.2 Å². The quantitative estimate of drug-likeness (QED) is 0.767. The van der Waals surface area contributed by atoms with E-state index in [1.165, 1.54) is 20.3 Å². The highest BCUT2D eigenvalue weighted by Crippen LogP contribution is 2.40. The van der Waals surface area contributed by atoms with Crippen LogP contribution in [0.3, 0.4) is 0 Å². The minimum absolute atomic E-state index is 0.257. The summed E-state index contributed by atoms with van der Waals surface area (Å²) in [5.74, 6) is -0.546. The summed E-state index contributed by atoms with van der Waals surface area (Å²) in [6.07, 6.45) is -0.301. The molecule has 7 nitrogen and oxygen atoms in total. The summed E-state index contributed by atoms with van der Waals surface area (Å²) in [6.45, 7) is 3.24. The maximum atomic E-state index is 12.5. The van der Waals surface area contributed by atoms with Crippen LogP contribution in [0.2, 0.25) is 0 Å². The van der Waals surface area contributed by atoms with Gasteiger partial charge in [-0.15, -0.1) is 0 Å². The number of benzene rings is 1. The van der Waals surface area contributed by atoms with Crippen LogP contribution in [0.25, 0.3) is 0 Å². The first kappa shape index (κ1) is 16.3. The molecule has 1 atom stereocenters. The number of hydrogen-bond donors (Lipinski definition) is 0. The van der Waals surface area contributed by atoms with Crippen LogP contribution in [0.1, 0.15) is 35.0 Å². The van der Waals surface area contributed by atoms with Crippen LogP contribution in [0, 0.1) is 0 Å². The molecule has 1 aromatic rings. The number of ether oxygens (including phenoxy) is 3. The zero-order valence-corrected chi connectivity index (χ0v) is 13.5. The molecule has 0 saturated carbocycles. The molecule has 0 N–H and O–H groups in total. The molecule has 0 spiro atoms. The van der Waals surface area contributed by atoms with E-state index in [9.17, 15) is 13.2 Å². The number of carbonyl (C=O) groups excluding carboxylic acids is 1. The molecule has 1 unspecified atom stereocenters. The van der Waals surface area contributed by atoms with Crippen LogP contribution in [0.5, 0.6) is 0 Å². The third kappa shape index (κ3) is 2.92. The molecule has 0 aromatic heterocycles. The van der Waals surface area contributed by atoms with Gasteiger partial charge in [0.2, 0.25) is 0 Å². The SMILES string of the molecule is COC(=O)c1cccc(C2C(C)(C)OC(OC)=NS2(=O)=O)c1. The van der Waals surface area contributed by atoms with Gasteiger partial charge in [-0.3, -0.25) is 0 Å². The van der Waals surface area contributed by atoms with Crippen molar-refractivity contribution in [2.45, 2.75) is 24.7 Å². The lowest BCUT2D eigenvalue weighted by atomic mass is 9.96. The molecule has 0 radical (unpaired) electrons. The van der Waals surface area contributed by atoms with Gasteiger partial charge in [0.15, 0.2) is 0 Å². The normalized spacial score (nSPS) is 22.2. The Morgan fingerprint density at radius 1 is 1.32 bits per heavy atom. The predicted molar refractivity (Wildman–Crippen MR) is 79.1 cm³/mol. The fourth-order valence-corrected chi connectivity index (χ4v) is 4.09. The number of methoxy groups -OCH3 is 2. The van der Waals surface area contributed by atoms with E-state index in [4.69, 9.17) is 9.47 Å². The zero-order valence-electron chi connectivity index (χ0n) is 12.7. The Labute approximate surface area is 129 Å². The second kappa shape index (κ2) is 5.60. The monoisotopic (exact) mass is 327 g/mol. The molecule has 0 saturated heterocycles. The Balaban J connectivity index is 2.56. The van der Waals surface area contributed by atoms with Gasteiger partial charge in [0.25, 0.3) is 10.0 Å². The minimum atomic E-state index is -3.91. The maximum absolute atomic E-state index is 12.5. The van der Waals surface area contributed by atoms with Crippen LogP contribution < -0.4 is 0 Å². The molecule has 1 aliphatic rings. The van der Waals surface area contributed by atoms with Crippen LogP contribution in [-0.4, -0.2) is 40.3 Å². The van der Waals surface area contributed by atoms with E-state index in [0.717, 1.165) is 0 Å². The van der Waals surface area contributed by atoms with Crippen molar-refractivity contribution in [3.8, 4) is 0 Å². The van der Waals surface area contributed by atoms with E-state index in [0.29, 0.717) is 5.56 Å². The summed E-state index contributed by atoms with van der Waals surface area (Å²) in [7, 11) is -1.37. The summed E-state index contributed by atoms with van der Waals surface area (Å²) in [6, 6.07) is 6.20. The van der Waals surface area contributed by atoms with Crippen LogP contribution in [-0.2, 0) is 24.2 Å². The molecule has 2 rings (SSSR count). The molecular formula is C14H17NO6S. The average molecular weight is 327 g/mol. The molecule has 0 amide bonds. The standard InChI is InChI=1S/C14H17NO6S/c1-14(2)11(22(17,18)15-13(20-4)21-14)9-6-5-7-10(8-9)12(16)19-3/h5-8,11H,1-4H3. The van der Waals surface area contributed by atoms with E-state index >= 15 is 0 Å². The van der Waals surface area contributed by atoms with Gasteiger partial charge >= 0.3 is 12.1 Å². The van der Waals surface area contributed by atoms with Crippen molar-refractivity contribution in [3.63, 3.8) is 0 Å². The Morgan fingerprint density at radius 3 is 2.55 bits per heavy atom. The Hall–Kier alpha value is -2.09. The highest BCUT2D eigenvalue weighted by Gasteiger charge is 2.48. The summed E-state index contributed by atoms with van der Waals surface area (Å²) in [5.41, 5.74) is -0.458. The number of rotatable bonds is 2. The van der Waals surface area contributed by atoms with E-state index in [1.54, 1.807) is 32.0 Å². The second-order valence-corrected chi connectivity index (χ2v) is 6.96. The first-order valence-corrected chi connectivity index (χ1v) is 7.96. The van der Waals surface area contributed by atoms with Gasteiger partial charge < -0.3 is 14.2 Å². The van der Waals surface area contributed by atoms with Gasteiger partial charge in [-0.05, 0) is 31.5 Å². The molecule has 120 valence electrons. The molecule has 8 heteroatoms.